The number of halogens is 1. The van der Waals surface area contributed by atoms with Crippen LogP contribution in [0.3, 0.4) is 0 Å². The zero-order chi connectivity index (χ0) is 17.1. The molecule has 1 unspecified atom stereocenters. The van der Waals surface area contributed by atoms with Crippen molar-refractivity contribution in [3.8, 4) is 6.07 Å². The van der Waals surface area contributed by atoms with Gasteiger partial charge in [-0.1, -0.05) is 18.2 Å². The molecule has 1 aromatic rings. The van der Waals surface area contributed by atoms with Gasteiger partial charge in [0.15, 0.2) is 0 Å². The number of esters is 1. The lowest BCUT2D eigenvalue weighted by Gasteiger charge is -2.27. The number of carbonyl (C=O) groups excluding carboxylic acids is 1. The number of nitrogens with two attached hydrogens (primary N) is 1. The minimum atomic E-state index is -0.951. The highest BCUT2D eigenvalue weighted by molar-refractivity contribution is 5.92. The molecule has 0 fully saturated rings. The molecular formula is C17H17FN2O3. The van der Waals surface area contributed by atoms with Crippen LogP contribution in [0.2, 0.25) is 0 Å². The predicted molar refractivity (Wildman–Crippen MR) is 81.1 cm³/mol. The first-order valence-electron chi connectivity index (χ1n) is 7.12. The lowest BCUT2D eigenvalue weighted by atomic mass is 9.82. The standard InChI is InChI=1S/C17H17FN2O3/c1-4-22-17(21)13-10(3)23-16(20)12(8-19)14(13)11-7-5-6-9(2)15(11)18/h5-7,14H,4,20H2,1-3H3. The largest absolute Gasteiger partial charge is 0.463 e. The predicted octanol–water partition coefficient (Wildman–Crippen LogP) is 2.78. The molecule has 1 heterocycles. The third-order valence-corrected chi connectivity index (χ3v) is 3.63. The summed E-state index contributed by atoms with van der Waals surface area (Å²) in [4.78, 5) is 12.3. The van der Waals surface area contributed by atoms with Crippen LogP contribution in [-0.4, -0.2) is 12.6 Å². The molecule has 0 saturated heterocycles. The van der Waals surface area contributed by atoms with Crippen molar-refractivity contribution in [2.75, 3.05) is 6.61 Å². The first kappa shape index (κ1) is 16.6. The number of rotatable bonds is 3. The van der Waals surface area contributed by atoms with E-state index in [9.17, 15) is 14.4 Å². The number of benzene rings is 1. The smallest absolute Gasteiger partial charge is 0.338 e. The number of hydrogen-bond acceptors (Lipinski definition) is 5. The Morgan fingerprint density at radius 1 is 1.48 bits per heavy atom. The van der Waals surface area contributed by atoms with E-state index in [2.05, 4.69) is 0 Å². The van der Waals surface area contributed by atoms with Gasteiger partial charge in [-0.3, -0.25) is 0 Å². The zero-order valence-corrected chi connectivity index (χ0v) is 13.1. The van der Waals surface area contributed by atoms with E-state index in [1.54, 1.807) is 26.0 Å². The average molecular weight is 316 g/mol. The van der Waals surface area contributed by atoms with Gasteiger partial charge in [-0.2, -0.15) is 5.26 Å². The Morgan fingerprint density at radius 3 is 2.78 bits per heavy atom. The molecule has 0 saturated carbocycles. The number of hydrogen-bond donors (Lipinski definition) is 1. The zero-order valence-electron chi connectivity index (χ0n) is 13.1. The molecule has 0 amide bonds. The van der Waals surface area contributed by atoms with Crippen LogP contribution in [0, 0.1) is 24.1 Å². The highest BCUT2D eigenvalue weighted by atomic mass is 19.1. The van der Waals surface area contributed by atoms with Crippen LogP contribution in [0.25, 0.3) is 0 Å². The third-order valence-electron chi connectivity index (χ3n) is 3.63. The van der Waals surface area contributed by atoms with Crippen molar-refractivity contribution >= 4 is 5.97 Å². The first-order valence-corrected chi connectivity index (χ1v) is 7.12. The summed E-state index contributed by atoms with van der Waals surface area (Å²) in [6.45, 7) is 4.96. The van der Waals surface area contributed by atoms with E-state index >= 15 is 0 Å². The number of ether oxygens (including phenoxy) is 2. The molecule has 5 nitrogen and oxygen atoms in total. The van der Waals surface area contributed by atoms with Gasteiger partial charge in [-0.15, -0.1) is 0 Å². The Labute approximate surface area is 133 Å². The van der Waals surface area contributed by atoms with E-state index in [1.807, 2.05) is 6.07 Å². The Kier molecular flexibility index (Phi) is 4.70. The summed E-state index contributed by atoms with van der Waals surface area (Å²) in [5, 5.41) is 9.40. The van der Waals surface area contributed by atoms with Gasteiger partial charge < -0.3 is 15.2 Å². The van der Waals surface area contributed by atoms with Crippen LogP contribution in [0.15, 0.2) is 41.0 Å². The summed E-state index contributed by atoms with van der Waals surface area (Å²) in [7, 11) is 0. The third kappa shape index (κ3) is 2.90. The summed E-state index contributed by atoms with van der Waals surface area (Å²) >= 11 is 0. The fourth-order valence-corrected chi connectivity index (χ4v) is 2.56. The van der Waals surface area contributed by atoms with Gasteiger partial charge in [0.25, 0.3) is 0 Å². The van der Waals surface area contributed by atoms with Crippen LogP contribution in [-0.2, 0) is 14.3 Å². The van der Waals surface area contributed by atoms with Gasteiger partial charge >= 0.3 is 5.97 Å². The molecule has 1 aromatic carbocycles. The Hall–Kier alpha value is -2.81. The number of nitriles is 1. The maximum Gasteiger partial charge on any atom is 0.338 e. The first-order chi connectivity index (χ1) is 10.9. The van der Waals surface area contributed by atoms with E-state index in [4.69, 9.17) is 15.2 Å². The van der Waals surface area contributed by atoms with E-state index in [1.165, 1.54) is 13.0 Å². The van der Waals surface area contributed by atoms with Crippen molar-refractivity contribution < 1.29 is 18.7 Å². The molecule has 1 aliphatic rings. The molecule has 0 aliphatic carbocycles. The van der Waals surface area contributed by atoms with Crippen LogP contribution >= 0.6 is 0 Å². The van der Waals surface area contributed by atoms with Crippen molar-refractivity contribution in [1.29, 1.82) is 5.26 Å². The van der Waals surface area contributed by atoms with Gasteiger partial charge in [0.1, 0.15) is 23.2 Å². The topological polar surface area (TPSA) is 85.3 Å². The van der Waals surface area contributed by atoms with E-state index in [0.717, 1.165) is 0 Å². The summed E-state index contributed by atoms with van der Waals surface area (Å²) < 4.78 is 24.9. The molecular weight excluding hydrogens is 299 g/mol. The molecule has 2 N–H and O–H groups in total. The highest BCUT2D eigenvalue weighted by Gasteiger charge is 2.37. The van der Waals surface area contributed by atoms with Crippen molar-refractivity contribution in [2.24, 2.45) is 5.73 Å². The molecule has 0 spiro atoms. The van der Waals surface area contributed by atoms with Gasteiger partial charge in [-0.25, -0.2) is 9.18 Å². The lowest BCUT2D eigenvalue weighted by Crippen LogP contribution is -2.26. The van der Waals surface area contributed by atoms with E-state index in [-0.39, 0.29) is 35.0 Å². The van der Waals surface area contributed by atoms with Crippen LogP contribution < -0.4 is 5.73 Å². The Morgan fingerprint density at radius 2 is 2.17 bits per heavy atom. The molecule has 0 aromatic heterocycles. The van der Waals surface area contributed by atoms with Crippen LogP contribution in [0.5, 0.6) is 0 Å². The highest BCUT2D eigenvalue weighted by Crippen LogP contribution is 2.40. The van der Waals surface area contributed by atoms with Gasteiger partial charge in [0.2, 0.25) is 5.88 Å². The van der Waals surface area contributed by atoms with Crippen molar-refractivity contribution in [2.45, 2.75) is 26.7 Å². The summed E-state index contributed by atoms with van der Waals surface area (Å²) in [6.07, 6.45) is 0. The molecule has 6 heteroatoms. The Balaban J connectivity index is 2.69. The number of nitrogens with zero attached hydrogens (tertiary/aromatic N) is 1. The monoisotopic (exact) mass is 316 g/mol. The van der Waals surface area contributed by atoms with Gasteiger partial charge in [0, 0.05) is 5.56 Å². The van der Waals surface area contributed by atoms with E-state index in [0.29, 0.717) is 5.56 Å². The summed E-state index contributed by atoms with van der Waals surface area (Å²) in [5.74, 6) is -2.03. The minimum Gasteiger partial charge on any atom is -0.463 e. The fourth-order valence-electron chi connectivity index (χ4n) is 2.56. The van der Waals surface area contributed by atoms with E-state index < -0.39 is 17.7 Å². The molecule has 23 heavy (non-hydrogen) atoms. The molecule has 0 bridgehead atoms. The molecule has 1 aliphatic heterocycles. The molecule has 2 rings (SSSR count). The fraction of sp³-hybridized carbons (Fsp3) is 0.294. The van der Waals surface area contributed by atoms with Gasteiger partial charge in [0.05, 0.1) is 18.1 Å². The molecule has 120 valence electrons. The SMILES string of the molecule is CCOC(=O)C1=C(C)OC(N)=C(C#N)C1c1cccc(C)c1F. The van der Waals surface area contributed by atoms with Crippen molar-refractivity contribution in [1.82, 2.24) is 0 Å². The minimum absolute atomic E-state index is 0.0110. The number of allylic oxidation sites excluding steroid dienone is 2. The number of carbonyl (C=O) groups is 1. The van der Waals surface area contributed by atoms with Crippen LogP contribution in [0.1, 0.15) is 30.9 Å². The molecule has 1 atom stereocenters. The second-order valence-electron chi connectivity index (χ2n) is 5.09. The second-order valence-corrected chi connectivity index (χ2v) is 5.09. The second kappa shape index (κ2) is 6.53. The van der Waals surface area contributed by atoms with Crippen molar-refractivity contribution in [3.05, 3.63) is 57.9 Å². The lowest BCUT2D eigenvalue weighted by molar-refractivity contribution is -0.139. The maximum atomic E-state index is 14.6. The number of aryl methyl sites for hydroxylation is 1. The Bertz CT molecular complexity index is 760. The quantitative estimate of drug-likeness (QED) is 0.867. The van der Waals surface area contributed by atoms with Crippen LogP contribution in [0.4, 0.5) is 4.39 Å². The summed E-state index contributed by atoms with van der Waals surface area (Å²) in [6, 6.07) is 6.71. The summed E-state index contributed by atoms with van der Waals surface area (Å²) in [5.41, 5.74) is 6.43. The average Bonchev–Trinajstić information content (AvgIpc) is 2.49. The molecule has 0 radical (unpaired) electrons. The maximum absolute atomic E-state index is 14.6. The van der Waals surface area contributed by atoms with Gasteiger partial charge in [-0.05, 0) is 26.3 Å². The van der Waals surface area contributed by atoms with Crippen molar-refractivity contribution in [3.63, 3.8) is 0 Å². The normalized spacial score (nSPS) is 17.6.